The number of ether oxygens (including phenoxy) is 1. The van der Waals surface area contributed by atoms with E-state index in [1.54, 1.807) is 12.1 Å². The van der Waals surface area contributed by atoms with Gasteiger partial charge < -0.3 is 15.2 Å². The first-order chi connectivity index (χ1) is 11.8. The molecule has 0 amide bonds. The van der Waals surface area contributed by atoms with Crippen molar-refractivity contribution in [1.82, 2.24) is 15.5 Å². The van der Waals surface area contributed by atoms with E-state index in [4.69, 9.17) is 4.74 Å². The van der Waals surface area contributed by atoms with E-state index in [-0.39, 0.29) is 11.1 Å². The lowest BCUT2D eigenvalue weighted by Crippen LogP contribution is -2.28. The van der Waals surface area contributed by atoms with E-state index in [0.29, 0.717) is 36.6 Å². The molecule has 8 heteroatoms. The summed E-state index contributed by atoms with van der Waals surface area (Å²) in [6.07, 6.45) is -3.56. The summed E-state index contributed by atoms with van der Waals surface area (Å²) in [5, 5.41) is 21.4. The monoisotopic (exact) mass is 353 g/mol. The number of aromatic nitrogens is 2. The molecule has 1 aliphatic rings. The van der Waals surface area contributed by atoms with Crippen molar-refractivity contribution in [3.05, 3.63) is 41.1 Å². The summed E-state index contributed by atoms with van der Waals surface area (Å²) < 4.78 is 43.7. The lowest BCUT2D eigenvalue weighted by Gasteiger charge is -2.13. The Labute approximate surface area is 142 Å². The van der Waals surface area contributed by atoms with Crippen LogP contribution in [-0.4, -0.2) is 34.6 Å². The van der Waals surface area contributed by atoms with E-state index < -0.39 is 17.5 Å². The number of phenolic OH excluding ortho intramolecular Hbond substituents is 1. The van der Waals surface area contributed by atoms with Crippen LogP contribution in [0.15, 0.2) is 24.3 Å². The van der Waals surface area contributed by atoms with Gasteiger partial charge in [0.2, 0.25) is 0 Å². The maximum Gasteiger partial charge on any atom is 0.416 e. The molecule has 0 aliphatic carbocycles. The molecule has 134 valence electrons. The second kappa shape index (κ2) is 6.97. The number of benzene rings is 1. The molecule has 1 fully saturated rings. The zero-order valence-electron chi connectivity index (χ0n) is 13.6. The molecule has 0 unspecified atom stereocenters. The number of alkyl halides is 3. The Hall–Kier alpha value is -2.19. The molecule has 0 spiro atoms. The molecule has 1 atom stereocenters. The number of phenols is 1. The third kappa shape index (κ3) is 4.08. The Kier molecular flexibility index (Phi) is 4.91. The van der Waals surface area contributed by atoms with Gasteiger partial charge in [-0.1, -0.05) is 0 Å². The van der Waals surface area contributed by atoms with Gasteiger partial charge in [0.15, 0.2) is 0 Å². The molecule has 1 aromatic heterocycles. The van der Waals surface area contributed by atoms with Gasteiger partial charge in [-0.3, -0.25) is 0 Å². The topological polar surface area (TPSA) is 67.3 Å². The van der Waals surface area contributed by atoms with Crippen LogP contribution in [0.25, 0.3) is 11.3 Å². The summed E-state index contributed by atoms with van der Waals surface area (Å²) in [5.74, 6) is -0.462. The molecule has 3 rings (SSSR count). The Balaban J connectivity index is 1.77. The highest BCUT2D eigenvalue weighted by molar-refractivity contribution is 5.71. The van der Waals surface area contributed by atoms with Crippen LogP contribution < -0.4 is 5.32 Å². The number of hydrogen-bond donors (Lipinski definition) is 2. The minimum atomic E-state index is -4.51. The fourth-order valence-electron chi connectivity index (χ4n) is 2.80. The van der Waals surface area contributed by atoms with Crippen LogP contribution in [0.4, 0.5) is 13.2 Å². The number of aryl methyl sites for hydroxylation is 1. The standard InChI is InChI=1S/C17H18F3N3O2/c1-10-6-11(17(18,19)20)7-15(24)16(10)14-3-2-12(22-23-14)8-21-13-4-5-25-9-13/h2-3,6-7,13,21,24H,4-5,8-9H2,1H3/t13-/m1/s1. The largest absolute Gasteiger partial charge is 0.507 e. The summed E-state index contributed by atoms with van der Waals surface area (Å²) in [6, 6.07) is 5.38. The van der Waals surface area contributed by atoms with Gasteiger partial charge in [0.05, 0.1) is 23.6 Å². The number of aromatic hydroxyl groups is 1. The molecule has 0 saturated carbocycles. The van der Waals surface area contributed by atoms with Crippen LogP contribution >= 0.6 is 0 Å². The molecule has 2 N–H and O–H groups in total. The number of nitrogens with one attached hydrogen (secondary N) is 1. The Bertz CT molecular complexity index is 719. The minimum Gasteiger partial charge on any atom is -0.507 e. The van der Waals surface area contributed by atoms with Gasteiger partial charge in [-0.2, -0.15) is 23.4 Å². The lowest BCUT2D eigenvalue weighted by atomic mass is 10.0. The third-order valence-corrected chi connectivity index (χ3v) is 4.12. The van der Waals surface area contributed by atoms with Gasteiger partial charge in [-0.05, 0) is 43.2 Å². The third-order valence-electron chi connectivity index (χ3n) is 4.12. The summed E-state index contributed by atoms with van der Waals surface area (Å²) in [4.78, 5) is 0. The van der Waals surface area contributed by atoms with Crippen LogP contribution in [0, 0.1) is 6.92 Å². The maximum atomic E-state index is 12.8. The fourth-order valence-corrected chi connectivity index (χ4v) is 2.80. The molecule has 2 aromatic rings. The van der Waals surface area contributed by atoms with E-state index in [1.807, 2.05) is 0 Å². The average molecular weight is 353 g/mol. The van der Waals surface area contributed by atoms with Gasteiger partial charge in [0.1, 0.15) is 5.75 Å². The van der Waals surface area contributed by atoms with E-state index in [9.17, 15) is 18.3 Å². The summed E-state index contributed by atoms with van der Waals surface area (Å²) in [7, 11) is 0. The molecule has 1 aromatic carbocycles. The molecule has 0 radical (unpaired) electrons. The molecule has 1 aliphatic heterocycles. The van der Waals surface area contributed by atoms with E-state index in [0.717, 1.165) is 19.1 Å². The molecule has 2 heterocycles. The van der Waals surface area contributed by atoms with Crippen LogP contribution in [0.2, 0.25) is 0 Å². The first-order valence-corrected chi connectivity index (χ1v) is 7.89. The van der Waals surface area contributed by atoms with E-state index >= 15 is 0 Å². The zero-order valence-corrected chi connectivity index (χ0v) is 13.6. The molecule has 25 heavy (non-hydrogen) atoms. The maximum absolute atomic E-state index is 12.8. The minimum absolute atomic E-state index is 0.254. The Morgan fingerprint density at radius 1 is 1.28 bits per heavy atom. The van der Waals surface area contributed by atoms with Gasteiger partial charge in [-0.25, -0.2) is 0 Å². The van der Waals surface area contributed by atoms with Gasteiger partial charge in [-0.15, -0.1) is 0 Å². The van der Waals surface area contributed by atoms with Crippen molar-refractivity contribution in [3.8, 4) is 17.0 Å². The number of rotatable bonds is 4. The highest BCUT2D eigenvalue weighted by Gasteiger charge is 2.32. The molecule has 5 nitrogen and oxygen atoms in total. The van der Waals surface area contributed by atoms with Crippen LogP contribution in [0.3, 0.4) is 0 Å². The number of nitrogens with zero attached hydrogens (tertiary/aromatic N) is 2. The predicted octanol–water partition coefficient (Wildman–Crippen LogP) is 3.05. The van der Waals surface area contributed by atoms with Gasteiger partial charge >= 0.3 is 6.18 Å². The Morgan fingerprint density at radius 2 is 2.08 bits per heavy atom. The van der Waals surface area contributed by atoms with Crippen molar-refractivity contribution in [3.63, 3.8) is 0 Å². The second-order valence-corrected chi connectivity index (χ2v) is 6.04. The highest BCUT2D eigenvalue weighted by Crippen LogP contribution is 2.38. The SMILES string of the molecule is Cc1cc(C(F)(F)F)cc(O)c1-c1ccc(CN[C@@H]2CCOC2)nn1. The second-order valence-electron chi connectivity index (χ2n) is 6.04. The van der Waals surface area contributed by atoms with Crippen LogP contribution in [0.1, 0.15) is 23.2 Å². The number of halogens is 3. The molecule has 0 bridgehead atoms. The number of hydrogen-bond acceptors (Lipinski definition) is 5. The quantitative estimate of drug-likeness (QED) is 0.884. The Morgan fingerprint density at radius 3 is 2.64 bits per heavy atom. The van der Waals surface area contributed by atoms with E-state index in [2.05, 4.69) is 15.5 Å². The molecular formula is C17H18F3N3O2. The lowest BCUT2D eigenvalue weighted by molar-refractivity contribution is -0.137. The fraction of sp³-hybridized carbons (Fsp3) is 0.412. The first-order valence-electron chi connectivity index (χ1n) is 7.89. The van der Waals surface area contributed by atoms with Crippen molar-refractivity contribution in [1.29, 1.82) is 0 Å². The van der Waals surface area contributed by atoms with E-state index in [1.165, 1.54) is 6.92 Å². The van der Waals surface area contributed by atoms with Crippen molar-refractivity contribution in [2.45, 2.75) is 32.1 Å². The average Bonchev–Trinajstić information content (AvgIpc) is 3.06. The first kappa shape index (κ1) is 17.6. The van der Waals surface area contributed by atoms with Crippen LogP contribution in [0.5, 0.6) is 5.75 Å². The van der Waals surface area contributed by atoms with Crippen molar-refractivity contribution in [2.75, 3.05) is 13.2 Å². The molecule has 1 saturated heterocycles. The molecular weight excluding hydrogens is 335 g/mol. The van der Waals surface area contributed by atoms with Gasteiger partial charge in [0.25, 0.3) is 0 Å². The summed E-state index contributed by atoms with van der Waals surface area (Å²) in [6.45, 7) is 3.44. The zero-order chi connectivity index (χ0) is 18.0. The summed E-state index contributed by atoms with van der Waals surface area (Å²) >= 11 is 0. The van der Waals surface area contributed by atoms with Crippen molar-refractivity contribution >= 4 is 0 Å². The van der Waals surface area contributed by atoms with Crippen molar-refractivity contribution in [2.24, 2.45) is 0 Å². The normalized spacial score (nSPS) is 17.8. The predicted molar refractivity (Wildman–Crippen MR) is 84.9 cm³/mol. The smallest absolute Gasteiger partial charge is 0.416 e. The van der Waals surface area contributed by atoms with Crippen molar-refractivity contribution < 1.29 is 23.0 Å². The summed E-state index contributed by atoms with van der Waals surface area (Å²) in [5.41, 5.74) is 0.690. The highest BCUT2D eigenvalue weighted by atomic mass is 19.4. The van der Waals surface area contributed by atoms with Crippen LogP contribution in [-0.2, 0) is 17.5 Å². The van der Waals surface area contributed by atoms with Gasteiger partial charge in [0, 0.05) is 24.8 Å².